The van der Waals surface area contributed by atoms with Crippen LogP contribution in [0.3, 0.4) is 0 Å². The van der Waals surface area contributed by atoms with Gasteiger partial charge >= 0.3 is 0 Å². The second-order valence-corrected chi connectivity index (χ2v) is 7.50. The Hall–Kier alpha value is -2.92. The predicted molar refractivity (Wildman–Crippen MR) is 112 cm³/mol. The molecule has 5 nitrogen and oxygen atoms in total. The van der Waals surface area contributed by atoms with Gasteiger partial charge in [0, 0.05) is 33.8 Å². The van der Waals surface area contributed by atoms with Gasteiger partial charge in [0.1, 0.15) is 0 Å². The smallest absolute Gasteiger partial charge is 0.227 e. The standard InChI is InChI=1S/C23H25N3O2/c1-16-22(19-9-5-6-10-20(19)24-16)21(27)15-26-13-11-17(12-14-26)23(28)25-18-7-3-2-4-8-18/h2-10,17,24H,11-15H2,1H3,(H,25,28). The molecule has 2 aromatic carbocycles. The van der Waals surface area contributed by atoms with Crippen LogP contribution in [0.1, 0.15) is 28.9 Å². The van der Waals surface area contributed by atoms with Crippen LogP contribution in [0.25, 0.3) is 10.9 Å². The number of piperidine rings is 1. The summed E-state index contributed by atoms with van der Waals surface area (Å²) in [6, 6.07) is 17.5. The van der Waals surface area contributed by atoms with Gasteiger partial charge in [0.05, 0.1) is 6.54 Å². The number of H-pyrrole nitrogens is 1. The van der Waals surface area contributed by atoms with Crippen LogP contribution in [0.4, 0.5) is 5.69 Å². The zero-order chi connectivity index (χ0) is 19.5. The number of aromatic amines is 1. The first-order valence-electron chi connectivity index (χ1n) is 9.80. The number of carbonyl (C=O) groups is 2. The Morgan fingerprint density at radius 2 is 1.71 bits per heavy atom. The molecular weight excluding hydrogens is 350 g/mol. The van der Waals surface area contributed by atoms with E-state index < -0.39 is 0 Å². The van der Waals surface area contributed by atoms with Gasteiger partial charge in [-0.25, -0.2) is 0 Å². The van der Waals surface area contributed by atoms with Gasteiger partial charge in [-0.15, -0.1) is 0 Å². The summed E-state index contributed by atoms with van der Waals surface area (Å²) in [5.74, 6) is 0.216. The number of aromatic nitrogens is 1. The van der Waals surface area contributed by atoms with Crippen molar-refractivity contribution in [3.63, 3.8) is 0 Å². The topological polar surface area (TPSA) is 65.2 Å². The van der Waals surface area contributed by atoms with E-state index in [1.54, 1.807) is 0 Å². The van der Waals surface area contributed by atoms with Crippen LogP contribution in [0.5, 0.6) is 0 Å². The van der Waals surface area contributed by atoms with E-state index >= 15 is 0 Å². The molecule has 4 rings (SSSR count). The molecule has 1 amide bonds. The third kappa shape index (κ3) is 3.85. The van der Waals surface area contributed by atoms with Crippen molar-refractivity contribution in [2.75, 3.05) is 25.0 Å². The minimum atomic E-state index is 0.00128. The number of benzene rings is 2. The number of nitrogens with one attached hydrogen (secondary N) is 2. The SMILES string of the molecule is Cc1[nH]c2ccccc2c1C(=O)CN1CCC(C(=O)Nc2ccccc2)CC1. The van der Waals surface area contributed by atoms with Crippen LogP contribution in [-0.2, 0) is 4.79 Å². The number of ketones is 1. The number of hydrogen-bond acceptors (Lipinski definition) is 3. The van der Waals surface area contributed by atoms with Crippen LogP contribution >= 0.6 is 0 Å². The lowest BCUT2D eigenvalue weighted by molar-refractivity contribution is -0.121. The molecule has 144 valence electrons. The van der Waals surface area contributed by atoms with E-state index in [1.165, 1.54) is 0 Å². The van der Waals surface area contributed by atoms with E-state index in [9.17, 15) is 9.59 Å². The van der Waals surface area contributed by atoms with Gasteiger partial charge in [0.15, 0.2) is 5.78 Å². The highest BCUT2D eigenvalue weighted by Crippen LogP contribution is 2.24. The maximum absolute atomic E-state index is 12.9. The van der Waals surface area contributed by atoms with Crippen molar-refractivity contribution >= 4 is 28.3 Å². The highest BCUT2D eigenvalue weighted by Gasteiger charge is 2.27. The lowest BCUT2D eigenvalue weighted by Gasteiger charge is -2.30. The highest BCUT2D eigenvalue weighted by molar-refractivity contribution is 6.10. The number of likely N-dealkylation sites (tertiary alicyclic amines) is 1. The van der Waals surface area contributed by atoms with Crippen molar-refractivity contribution in [2.45, 2.75) is 19.8 Å². The lowest BCUT2D eigenvalue weighted by atomic mass is 9.95. The number of hydrogen-bond donors (Lipinski definition) is 2. The molecule has 2 heterocycles. The van der Waals surface area contributed by atoms with E-state index in [0.717, 1.165) is 53.8 Å². The molecule has 1 fully saturated rings. The molecule has 0 radical (unpaired) electrons. The first kappa shape index (κ1) is 18.4. The summed E-state index contributed by atoms with van der Waals surface area (Å²) in [6.07, 6.45) is 1.55. The van der Waals surface area contributed by atoms with Crippen LogP contribution in [0.15, 0.2) is 54.6 Å². The van der Waals surface area contributed by atoms with Gasteiger partial charge in [-0.2, -0.15) is 0 Å². The van der Waals surface area contributed by atoms with E-state index in [-0.39, 0.29) is 17.6 Å². The number of rotatable bonds is 5. The fraction of sp³-hybridized carbons (Fsp3) is 0.304. The van der Waals surface area contributed by atoms with Crippen molar-refractivity contribution < 1.29 is 9.59 Å². The maximum Gasteiger partial charge on any atom is 0.227 e. The first-order valence-corrected chi connectivity index (χ1v) is 9.80. The molecule has 0 bridgehead atoms. The van der Waals surface area contributed by atoms with Gasteiger partial charge in [-0.1, -0.05) is 36.4 Å². The van der Waals surface area contributed by atoms with Gasteiger partial charge < -0.3 is 10.3 Å². The minimum Gasteiger partial charge on any atom is -0.358 e. The predicted octanol–water partition coefficient (Wildman–Crippen LogP) is 4.01. The fourth-order valence-corrected chi connectivity index (χ4v) is 4.04. The Morgan fingerprint density at radius 3 is 2.46 bits per heavy atom. The van der Waals surface area contributed by atoms with Gasteiger partial charge in [-0.05, 0) is 51.1 Å². The lowest BCUT2D eigenvalue weighted by Crippen LogP contribution is -2.40. The van der Waals surface area contributed by atoms with Crippen molar-refractivity contribution in [3.8, 4) is 0 Å². The number of fused-ring (bicyclic) bond motifs is 1. The molecule has 2 N–H and O–H groups in total. The summed E-state index contributed by atoms with van der Waals surface area (Å²) in [5.41, 5.74) is 3.54. The summed E-state index contributed by atoms with van der Waals surface area (Å²) >= 11 is 0. The van der Waals surface area contributed by atoms with Crippen LogP contribution < -0.4 is 5.32 Å². The average molecular weight is 375 g/mol. The molecule has 28 heavy (non-hydrogen) atoms. The van der Waals surface area contributed by atoms with Crippen molar-refractivity contribution in [1.82, 2.24) is 9.88 Å². The Kier molecular flexibility index (Phi) is 5.26. The van der Waals surface area contributed by atoms with E-state index in [4.69, 9.17) is 0 Å². The van der Waals surface area contributed by atoms with Crippen molar-refractivity contribution in [1.29, 1.82) is 0 Å². The second kappa shape index (κ2) is 7.98. The Labute approximate surface area is 164 Å². The van der Waals surface area contributed by atoms with Crippen LogP contribution in [-0.4, -0.2) is 41.2 Å². The van der Waals surface area contributed by atoms with Gasteiger partial charge in [-0.3, -0.25) is 14.5 Å². The van der Waals surface area contributed by atoms with Crippen molar-refractivity contribution in [2.24, 2.45) is 5.92 Å². The monoisotopic (exact) mass is 375 g/mol. The fourth-order valence-electron chi connectivity index (χ4n) is 4.04. The molecule has 0 aliphatic carbocycles. The second-order valence-electron chi connectivity index (χ2n) is 7.50. The van der Waals surface area contributed by atoms with E-state index in [1.807, 2.05) is 61.5 Å². The first-order chi connectivity index (χ1) is 13.6. The Bertz CT molecular complexity index is 986. The number of carbonyl (C=O) groups excluding carboxylic acids is 2. The molecule has 1 aliphatic rings. The molecule has 3 aromatic rings. The van der Waals surface area contributed by atoms with Crippen LogP contribution in [0.2, 0.25) is 0 Å². The number of para-hydroxylation sites is 2. The summed E-state index contributed by atoms with van der Waals surface area (Å²) < 4.78 is 0. The largest absolute Gasteiger partial charge is 0.358 e. The zero-order valence-corrected chi connectivity index (χ0v) is 16.1. The molecule has 0 unspecified atom stereocenters. The molecule has 0 atom stereocenters. The van der Waals surface area contributed by atoms with E-state index in [2.05, 4.69) is 15.2 Å². The van der Waals surface area contributed by atoms with Gasteiger partial charge in [0.25, 0.3) is 0 Å². The molecule has 0 spiro atoms. The number of Topliss-reactive ketones (excluding diaryl/α,β-unsaturated/α-hetero) is 1. The highest BCUT2D eigenvalue weighted by atomic mass is 16.2. The molecule has 0 saturated carbocycles. The zero-order valence-electron chi connectivity index (χ0n) is 16.1. The quantitative estimate of drug-likeness (QED) is 0.662. The van der Waals surface area contributed by atoms with E-state index in [0.29, 0.717) is 6.54 Å². The number of aryl methyl sites for hydroxylation is 1. The number of nitrogens with zero attached hydrogens (tertiary/aromatic N) is 1. The number of amides is 1. The summed E-state index contributed by atoms with van der Waals surface area (Å²) in [7, 11) is 0. The summed E-state index contributed by atoms with van der Waals surface area (Å²) in [4.78, 5) is 30.9. The Morgan fingerprint density at radius 1 is 1.04 bits per heavy atom. The van der Waals surface area contributed by atoms with Crippen LogP contribution in [0, 0.1) is 12.8 Å². The third-order valence-electron chi connectivity index (χ3n) is 5.54. The maximum atomic E-state index is 12.9. The summed E-state index contributed by atoms with van der Waals surface area (Å²) in [6.45, 7) is 3.88. The van der Waals surface area contributed by atoms with Gasteiger partial charge in [0.2, 0.25) is 5.91 Å². The minimum absolute atomic E-state index is 0.00128. The third-order valence-corrected chi connectivity index (χ3v) is 5.54. The number of anilines is 1. The van der Waals surface area contributed by atoms with Crippen molar-refractivity contribution in [3.05, 3.63) is 65.9 Å². The Balaban J connectivity index is 1.34. The average Bonchev–Trinajstić information content (AvgIpc) is 3.05. The normalized spacial score (nSPS) is 15.6. The summed E-state index contributed by atoms with van der Waals surface area (Å²) in [5, 5.41) is 3.98. The molecule has 1 aromatic heterocycles. The molecule has 1 saturated heterocycles. The molecule has 5 heteroatoms. The molecule has 1 aliphatic heterocycles. The molecular formula is C23H25N3O2.